The average Bonchev–Trinajstić information content (AvgIpc) is 2.21. The van der Waals surface area contributed by atoms with Crippen molar-refractivity contribution in [3.05, 3.63) is 29.3 Å². The number of esters is 1. The lowest BCUT2D eigenvalue weighted by atomic mass is 10.1. The van der Waals surface area contributed by atoms with Crippen molar-refractivity contribution in [2.24, 2.45) is 0 Å². The van der Waals surface area contributed by atoms with Crippen LogP contribution in [0.15, 0.2) is 12.1 Å². The van der Waals surface area contributed by atoms with Gasteiger partial charge in [-0.25, -0.2) is 8.78 Å². The van der Waals surface area contributed by atoms with E-state index >= 15 is 0 Å². The highest BCUT2D eigenvalue weighted by Gasteiger charge is 2.11. The van der Waals surface area contributed by atoms with E-state index < -0.39 is 23.4 Å². The van der Waals surface area contributed by atoms with E-state index in [1.807, 2.05) is 0 Å². The van der Waals surface area contributed by atoms with Gasteiger partial charge in [-0.3, -0.25) is 4.79 Å². The van der Waals surface area contributed by atoms with E-state index in [2.05, 4.69) is 4.74 Å². The van der Waals surface area contributed by atoms with Crippen LogP contribution >= 0.6 is 0 Å². The summed E-state index contributed by atoms with van der Waals surface area (Å²) >= 11 is 0. The van der Waals surface area contributed by atoms with Gasteiger partial charge in [0.25, 0.3) is 0 Å². The Hall–Kier alpha value is -1.65. The molecule has 0 aromatic heterocycles. The summed E-state index contributed by atoms with van der Waals surface area (Å²) < 4.78 is 30.4. The summed E-state index contributed by atoms with van der Waals surface area (Å²) in [6.07, 6.45) is 0.0175. The Bertz CT molecular complexity index is 391. The Morgan fingerprint density at radius 2 is 2.12 bits per heavy atom. The van der Waals surface area contributed by atoms with Crippen LogP contribution in [0, 0.1) is 11.6 Å². The largest absolute Gasteiger partial charge is 0.505 e. The zero-order valence-electron chi connectivity index (χ0n) is 8.80. The molecule has 1 rings (SSSR count). The minimum absolute atomic E-state index is 0.0235. The van der Waals surface area contributed by atoms with E-state index in [0.29, 0.717) is 6.07 Å². The first-order chi connectivity index (χ1) is 7.54. The van der Waals surface area contributed by atoms with Crippen molar-refractivity contribution in [3.63, 3.8) is 0 Å². The monoisotopic (exact) mass is 230 g/mol. The van der Waals surface area contributed by atoms with Gasteiger partial charge in [0.05, 0.1) is 6.61 Å². The van der Waals surface area contributed by atoms with Crippen molar-refractivity contribution in [2.75, 3.05) is 6.61 Å². The lowest BCUT2D eigenvalue weighted by molar-refractivity contribution is -0.143. The molecule has 0 atom stereocenters. The van der Waals surface area contributed by atoms with Gasteiger partial charge in [0.1, 0.15) is 5.82 Å². The highest BCUT2D eigenvalue weighted by atomic mass is 19.1. The molecule has 3 nitrogen and oxygen atoms in total. The third-order valence-electron chi connectivity index (χ3n) is 2.01. The first kappa shape index (κ1) is 12.4. The number of hydrogen-bond acceptors (Lipinski definition) is 3. The highest BCUT2D eigenvalue weighted by Crippen LogP contribution is 2.23. The van der Waals surface area contributed by atoms with Crippen molar-refractivity contribution >= 4 is 5.97 Å². The number of aryl methyl sites for hydroxylation is 1. The number of hydrogen-bond donors (Lipinski definition) is 1. The Kier molecular flexibility index (Phi) is 4.22. The van der Waals surface area contributed by atoms with E-state index in [4.69, 9.17) is 0 Å². The number of halogens is 2. The van der Waals surface area contributed by atoms with Crippen molar-refractivity contribution < 1.29 is 23.4 Å². The van der Waals surface area contributed by atoms with Crippen LogP contribution in [0.5, 0.6) is 5.75 Å². The van der Waals surface area contributed by atoms with E-state index in [1.165, 1.54) is 0 Å². The van der Waals surface area contributed by atoms with E-state index in [0.717, 1.165) is 6.07 Å². The Morgan fingerprint density at radius 1 is 1.44 bits per heavy atom. The molecule has 0 amide bonds. The van der Waals surface area contributed by atoms with Crippen molar-refractivity contribution in [3.8, 4) is 5.75 Å². The normalized spacial score (nSPS) is 10.2. The molecular weight excluding hydrogens is 218 g/mol. The van der Waals surface area contributed by atoms with Crippen LogP contribution in [0.2, 0.25) is 0 Å². The molecule has 0 radical (unpaired) electrons. The summed E-state index contributed by atoms with van der Waals surface area (Å²) in [6.45, 7) is 1.92. The number of aromatic hydroxyl groups is 1. The summed E-state index contributed by atoms with van der Waals surface area (Å²) in [4.78, 5) is 11.0. The van der Waals surface area contributed by atoms with E-state index in [-0.39, 0.29) is 25.0 Å². The fraction of sp³-hybridized carbons (Fsp3) is 0.364. The number of carbonyl (C=O) groups excluding carboxylic acids is 1. The number of phenolic OH excluding ortho intramolecular Hbond substituents is 1. The SMILES string of the molecule is CCOC(=O)CCc1cc(F)cc(F)c1O. The van der Waals surface area contributed by atoms with E-state index in [9.17, 15) is 18.7 Å². The van der Waals surface area contributed by atoms with E-state index in [1.54, 1.807) is 6.92 Å². The number of carbonyl (C=O) groups is 1. The molecule has 0 aliphatic heterocycles. The van der Waals surface area contributed by atoms with Crippen LogP contribution in [0.1, 0.15) is 18.9 Å². The molecule has 0 heterocycles. The fourth-order valence-electron chi connectivity index (χ4n) is 1.28. The van der Waals surface area contributed by atoms with Gasteiger partial charge in [-0.15, -0.1) is 0 Å². The molecule has 16 heavy (non-hydrogen) atoms. The summed E-state index contributed by atoms with van der Waals surface area (Å²) in [5, 5.41) is 9.27. The molecule has 0 saturated heterocycles. The van der Waals surface area contributed by atoms with Crippen LogP contribution in [0.25, 0.3) is 0 Å². The zero-order chi connectivity index (χ0) is 12.1. The molecule has 0 aliphatic rings. The third kappa shape index (κ3) is 3.18. The molecule has 0 aliphatic carbocycles. The lowest BCUT2D eigenvalue weighted by Gasteiger charge is -2.05. The second-order valence-electron chi connectivity index (χ2n) is 3.20. The van der Waals surface area contributed by atoms with Gasteiger partial charge >= 0.3 is 5.97 Å². The maximum absolute atomic E-state index is 12.9. The molecule has 1 N–H and O–H groups in total. The lowest BCUT2D eigenvalue weighted by Crippen LogP contribution is -2.05. The summed E-state index contributed by atoms with van der Waals surface area (Å²) in [5.74, 6) is -2.90. The molecule has 1 aromatic rings. The minimum atomic E-state index is -1.03. The Labute approximate surface area is 91.7 Å². The predicted octanol–water partition coefficient (Wildman–Crippen LogP) is 2.17. The molecule has 88 valence electrons. The molecule has 0 saturated carbocycles. The molecule has 0 bridgehead atoms. The van der Waals surface area contributed by atoms with Gasteiger partial charge < -0.3 is 9.84 Å². The standard InChI is InChI=1S/C11H12F2O3/c1-2-16-10(14)4-3-7-5-8(12)6-9(13)11(7)15/h5-6,15H,2-4H2,1H3. The average molecular weight is 230 g/mol. The topological polar surface area (TPSA) is 46.5 Å². The van der Waals surface area contributed by atoms with Gasteiger partial charge in [0.15, 0.2) is 11.6 Å². The molecule has 0 spiro atoms. The predicted molar refractivity (Wildman–Crippen MR) is 53.0 cm³/mol. The zero-order valence-corrected chi connectivity index (χ0v) is 8.80. The summed E-state index contributed by atoms with van der Waals surface area (Å²) in [6, 6.07) is 1.58. The van der Waals surface area contributed by atoms with Gasteiger partial charge in [0.2, 0.25) is 0 Å². The van der Waals surface area contributed by atoms with Gasteiger partial charge in [-0.1, -0.05) is 0 Å². The number of benzene rings is 1. The number of phenols is 1. The second-order valence-corrected chi connectivity index (χ2v) is 3.20. The first-order valence-electron chi connectivity index (χ1n) is 4.87. The molecule has 1 aromatic carbocycles. The van der Waals surface area contributed by atoms with Crippen LogP contribution in [-0.2, 0) is 16.0 Å². The molecule has 5 heteroatoms. The maximum atomic E-state index is 12.9. The van der Waals surface area contributed by atoms with Crippen LogP contribution in [0.3, 0.4) is 0 Å². The van der Waals surface area contributed by atoms with Gasteiger partial charge in [-0.2, -0.15) is 0 Å². The highest BCUT2D eigenvalue weighted by molar-refractivity contribution is 5.69. The maximum Gasteiger partial charge on any atom is 0.306 e. The van der Waals surface area contributed by atoms with Crippen molar-refractivity contribution in [2.45, 2.75) is 19.8 Å². The quantitative estimate of drug-likeness (QED) is 0.806. The molecule has 0 fully saturated rings. The van der Waals surface area contributed by atoms with Crippen molar-refractivity contribution in [1.29, 1.82) is 0 Å². The summed E-state index contributed by atoms with van der Waals surface area (Å²) in [5.41, 5.74) is 0.0607. The summed E-state index contributed by atoms with van der Waals surface area (Å²) in [7, 11) is 0. The minimum Gasteiger partial charge on any atom is -0.505 e. The molecular formula is C11H12F2O3. The van der Waals surface area contributed by atoms with Gasteiger partial charge in [-0.05, 0) is 19.4 Å². The second kappa shape index (κ2) is 5.44. The van der Waals surface area contributed by atoms with Crippen molar-refractivity contribution in [1.82, 2.24) is 0 Å². The third-order valence-corrected chi connectivity index (χ3v) is 2.01. The van der Waals surface area contributed by atoms with Crippen LogP contribution in [0.4, 0.5) is 8.78 Å². The smallest absolute Gasteiger partial charge is 0.306 e. The molecule has 0 unspecified atom stereocenters. The Morgan fingerprint density at radius 3 is 2.75 bits per heavy atom. The van der Waals surface area contributed by atoms with Crippen LogP contribution in [-0.4, -0.2) is 17.7 Å². The fourth-order valence-corrected chi connectivity index (χ4v) is 1.28. The first-order valence-corrected chi connectivity index (χ1v) is 4.87. The Balaban J connectivity index is 2.70. The van der Waals surface area contributed by atoms with Gasteiger partial charge in [0, 0.05) is 18.1 Å². The number of rotatable bonds is 4. The number of ether oxygens (including phenoxy) is 1. The van der Waals surface area contributed by atoms with Crippen LogP contribution < -0.4 is 0 Å².